The molecule has 0 aromatic carbocycles. The highest BCUT2D eigenvalue weighted by Crippen LogP contribution is 2.14. The van der Waals surface area contributed by atoms with Crippen molar-refractivity contribution in [3.63, 3.8) is 0 Å². The van der Waals surface area contributed by atoms with Crippen LogP contribution in [0.4, 0.5) is 0 Å². The quantitative estimate of drug-likeness (QED) is 0.477. The maximum absolute atomic E-state index is 11.0. The van der Waals surface area contributed by atoms with E-state index in [1.807, 2.05) is 0 Å². The molecule has 0 saturated heterocycles. The predicted molar refractivity (Wildman–Crippen MR) is 78.2 cm³/mol. The largest absolute Gasteiger partial charge is 0.461 e. The summed E-state index contributed by atoms with van der Waals surface area (Å²) in [5, 5.41) is 0. The van der Waals surface area contributed by atoms with Crippen LogP contribution in [0.1, 0.15) is 20.8 Å². The fraction of sp³-hybridized carbons (Fsp3) is 0.600. The molecule has 0 amide bonds. The highest BCUT2D eigenvalue weighted by molar-refractivity contribution is 5.81. The molecule has 0 atom stereocenters. The third kappa shape index (κ3) is 10.3. The molecule has 0 heterocycles. The SMILES string of the molecule is C=CC(=O)OCCN(CCOC(=O)C=C)CC(C)(C)C. The van der Waals surface area contributed by atoms with E-state index in [4.69, 9.17) is 9.47 Å². The Morgan fingerprint density at radius 2 is 1.40 bits per heavy atom. The van der Waals surface area contributed by atoms with Crippen molar-refractivity contribution in [2.24, 2.45) is 5.41 Å². The molecule has 0 saturated carbocycles. The molecule has 0 bridgehead atoms. The summed E-state index contributed by atoms with van der Waals surface area (Å²) in [6.45, 7) is 15.6. The second-order valence-electron chi connectivity index (χ2n) is 5.58. The van der Waals surface area contributed by atoms with Crippen molar-refractivity contribution >= 4 is 11.9 Å². The summed E-state index contributed by atoms with van der Waals surface area (Å²) in [5.41, 5.74) is 0.102. The van der Waals surface area contributed by atoms with Gasteiger partial charge in [-0.05, 0) is 5.41 Å². The van der Waals surface area contributed by atoms with Crippen LogP contribution < -0.4 is 0 Å². The van der Waals surface area contributed by atoms with Crippen molar-refractivity contribution in [2.45, 2.75) is 20.8 Å². The lowest BCUT2D eigenvalue weighted by atomic mass is 9.96. The molecule has 0 fully saturated rings. The minimum absolute atomic E-state index is 0.102. The highest BCUT2D eigenvalue weighted by Gasteiger charge is 2.16. The Morgan fingerprint density at radius 1 is 1.00 bits per heavy atom. The van der Waals surface area contributed by atoms with E-state index in [0.29, 0.717) is 13.1 Å². The zero-order chi connectivity index (χ0) is 15.6. The standard InChI is InChI=1S/C15H25NO4/c1-6-13(17)19-10-8-16(12-15(3,4)5)9-11-20-14(18)7-2/h6-7H,1-2,8-12H2,3-5H3. The van der Waals surface area contributed by atoms with Crippen LogP contribution in [-0.4, -0.2) is 49.7 Å². The van der Waals surface area contributed by atoms with Gasteiger partial charge in [-0.1, -0.05) is 33.9 Å². The van der Waals surface area contributed by atoms with Gasteiger partial charge in [0.1, 0.15) is 13.2 Å². The van der Waals surface area contributed by atoms with Crippen LogP contribution in [0.15, 0.2) is 25.3 Å². The van der Waals surface area contributed by atoms with Gasteiger partial charge in [-0.3, -0.25) is 4.90 Å². The Bertz CT molecular complexity index is 318. The van der Waals surface area contributed by atoms with Crippen molar-refractivity contribution in [1.29, 1.82) is 0 Å². The maximum Gasteiger partial charge on any atom is 0.330 e. The van der Waals surface area contributed by atoms with Crippen LogP contribution in [0.2, 0.25) is 0 Å². The smallest absolute Gasteiger partial charge is 0.330 e. The van der Waals surface area contributed by atoms with E-state index >= 15 is 0 Å². The van der Waals surface area contributed by atoms with E-state index in [2.05, 4.69) is 38.8 Å². The molecule has 5 heteroatoms. The minimum atomic E-state index is -0.432. The van der Waals surface area contributed by atoms with Gasteiger partial charge < -0.3 is 9.47 Å². The number of esters is 2. The number of hydrogen-bond donors (Lipinski definition) is 0. The normalized spacial score (nSPS) is 11.0. The van der Waals surface area contributed by atoms with E-state index in [1.165, 1.54) is 0 Å². The zero-order valence-corrected chi connectivity index (χ0v) is 12.7. The lowest BCUT2D eigenvalue weighted by molar-refractivity contribution is -0.138. The van der Waals surface area contributed by atoms with Crippen LogP contribution in [0, 0.1) is 5.41 Å². The van der Waals surface area contributed by atoms with Crippen LogP contribution in [0.25, 0.3) is 0 Å². The first-order chi connectivity index (χ1) is 9.28. The number of ether oxygens (including phenoxy) is 2. The lowest BCUT2D eigenvalue weighted by Crippen LogP contribution is -2.38. The Morgan fingerprint density at radius 3 is 1.70 bits per heavy atom. The van der Waals surface area contributed by atoms with Gasteiger partial charge >= 0.3 is 11.9 Å². The number of nitrogens with zero attached hydrogens (tertiary/aromatic N) is 1. The minimum Gasteiger partial charge on any atom is -0.461 e. The first-order valence-corrected chi connectivity index (χ1v) is 6.59. The molecule has 20 heavy (non-hydrogen) atoms. The maximum atomic E-state index is 11.0. The van der Waals surface area contributed by atoms with Gasteiger partial charge in [0.2, 0.25) is 0 Å². The number of rotatable bonds is 9. The summed E-state index contributed by atoms with van der Waals surface area (Å²) in [7, 11) is 0. The van der Waals surface area contributed by atoms with Gasteiger partial charge in [-0.25, -0.2) is 9.59 Å². The number of carbonyl (C=O) groups excluding carboxylic acids is 2. The summed E-state index contributed by atoms with van der Waals surface area (Å²) in [4.78, 5) is 24.1. The third-order valence-corrected chi connectivity index (χ3v) is 2.33. The van der Waals surface area contributed by atoms with Crippen LogP contribution in [0.5, 0.6) is 0 Å². The third-order valence-electron chi connectivity index (χ3n) is 2.33. The fourth-order valence-corrected chi connectivity index (χ4v) is 1.61. The fourth-order valence-electron chi connectivity index (χ4n) is 1.61. The van der Waals surface area contributed by atoms with Gasteiger partial charge in [0.05, 0.1) is 0 Å². The molecule has 0 unspecified atom stereocenters. The molecule has 0 aliphatic carbocycles. The summed E-state index contributed by atoms with van der Waals surface area (Å²) in [6, 6.07) is 0. The zero-order valence-electron chi connectivity index (χ0n) is 12.7. The molecular weight excluding hydrogens is 258 g/mol. The number of hydrogen-bond acceptors (Lipinski definition) is 5. The van der Waals surface area contributed by atoms with Crippen molar-refractivity contribution in [3.8, 4) is 0 Å². The Balaban J connectivity index is 4.19. The van der Waals surface area contributed by atoms with Crippen molar-refractivity contribution in [3.05, 3.63) is 25.3 Å². The van der Waals surface area contributed by atoms with E-state index < -0.39 is 11.9 Å². The average Bonchev–Trinajstić information content (AvgIpc) is 2.36. The molecule has 0 aromatic rings. The molecule has 0 spiro atoms. The topological polar surface area (TPSA) is 55.8 Å². The molecule has 0 aromatic heterocycles. The van der Waals surface area contributed by atoms with E-state index in [0.717, 1.165) is 18.7 Å². The molecule has 0 radical (unpaired) electrons. The van der Waals surface area contributed by atoms with Gasteiger partial charge in [0, 0.05) is 31.8 Å². The highest BCUT2D eigenvalue weighted by atomic mass is 16.5. The summed E-state index contributed by atoms with van der Waals surface area (Å²) >= 11 is 0. The molecule has 0 N–H and O–H groups in total. The summed E-state index contributed by atoms with van der Waals surface area (Å²) in [5.74, 6) is -0.863. The number of carbonyl (C=O) groups is 2. The summed E-state index contributed by atoms with van der Waals surface area (Å²) < 4.78 is 9.92. The van der Waals surface area contributed by atoms with Gasteiger partial charge in [0.25, 0.3) is 0 Å². The molecule has 0 rings (SSSR count). The average molecular weight is 283 g/mol. The van der Waals surface area contributed by atoms with Gasteiger partial charge in [0.15, 0.2) is 0 Å². The van der Waals surface area contributed by atoms with E-state index in [1.54, 1.807) is 0 Å². The van der Waals surface area contributed by atoms with Gasteiger partial charge in [-0.2, -0.15) is 0 Å². The molecule has 0 aliphatic heterocycles. The molecule has 0 aliphatic rings. The second kappa shape index (κ2) is 9.31. The molecule has 5 nitrogen and oxygen atoms in total. The van der Waals surface area contributed by atoms with E-state index in [9.17, 15) is 9.59 Å². The predicted octanol–water partition coefficient (Wildman–Crippen LogP) is 1.79. The first-order valence-electron chi connectivity index (χ1n) is 6.59. The van der Waals surface area contributed by atoms with Crippen LogP contribution in [0.3, 0.4) is 0 Å². The van der Waals surface area contributed by atoms with E-state index in [-0.39, 0.29) is 18.6 Å². The van der Waals surface area contributed by atoms with Crippen LogP contribution in [-0.2, 0) is 19.1 Å². The molecule has 114 valence electrons. The monoisotopic (exact) mass is 283 g/mol. The van der Waals surface area contributed by atoms with Gasteiger partial charge in [-0.15, -0.1) is 0 Å². The van der Waals surface area contributed by atoms with Crippen LogP contribution >= 0.6 is 0 Å². The molecular formula is C15H25NO4. The summed E-state index contributed by atoms with van der Waals surface area (Å²) in [6.07, 6.45) is 2.28. The first kappa shape index (κ1) is 18.4. The second-order valence-corrected chi connectivity index (χ2v) is 5.58. The Labute approximate surface area is 121 Å². The Kier molecular flexibility index (Phi) is 8.56. The lowest BCUT2D eigenvalue weighted by Gasteiger charge is -2.29. The Hall–Kier alpha value is -1.62. The van der Waals surface area contributed by atoms with Crippen molar-refractivity contribution in [1.82, 2.24) is 4.90 Å². The van der Waals surface area contributed by atoms with Crippen molar-refractivity contribution in [2.75, 3.05) is 32.8 Å². The van der Waals surface area contributed by atoms with Crippen molar-refractivity contribution < 1.29 is 19.1 Å².